The van der Waals surface area contributed by atoms with E-state index in [0.717, 1.165) is 22.4 Å². The van der Waals surface area contributed by atoms with Crippen LogP contribution in [0.4, 0.5) is 5.95 Å². The van der Waals surface area contributed by atoms with Crippen LogP contribution in [0.15, 0.2) is 54.7 Å². The normalized spacial score (nSPS) is 11.6. The van der Waals surface area contributed by atoms with Gasteiger partial charge >= 0.3 is 0 Å². The second kappa shape index (κ2) is 11.3. The van der Waals surface area contributed by atoms with Crippen molar-refractivity contribution in [1.82, 2.24) is 14.3 Å². The number of phenols is 2. The van der Waals surface area contributed by atoms with Gasteiger partial charge in [0.05, 0.1) is 11.9 Å². The molecule has 0 atom stereocenters. The number of phenolic OH excluding ortho intramolecular Hbond substituents is 2. The lowest BCUT2D eigenvalue weighted by atomic mass is 10.1. The van der Waals surface area contributed by atoms with Crippen LogP contribution < -0.4 is 10.6 Å². The monoisotopic (exact) mass is 485 g/mol. The number of rotatable bonds is 11. The summed E-state index contributed by atoms with van der Waals surface area (Å²) in [6.45, 7) is 1.68. The van der Waals surface area contributed by atoms with Gasteiger partial charge in [0, 0.05) is 38.4 Å². The summed E-state index contributed by atoms with van der Waals surface area (Å²) < 4.78 is 25.7. The van der Waals surface area contributed by atoms with Gasteiger partial charge in [-0.3, -0.25) is 0 Å². The maximum atomic E-state index is 12.1. The molecule has 0 amide bonds. The van der Waals surface area contributed by atoms with Gasteiger partial charge in [0.25, 0.3) is 0 Å². The fraction of sp³-hybridized carbons (Fsp3) is 0.333. The molecule has 0 aliphatic rings. The van der Waals surface area contributed by atoms with Gasteiger partial charge in [-0.2, -0.15) is 4.31 Å². The number of hydrogen-bond donors (Lipinski definition) is 3. The number of aromatic nitrogens is 2. The van der Waals surface area contributed by atoms with Crippen molar-refractivity contribution in [3.8, 4) is 22.8 Å². The largest absolute Gasteiger partial charge is 0.504 e. The minimum atomic E-state index is -3.35. The predicted molar refractivity (Wildman–Crippen MR) is 133 cm³/mol. The second-order valence-electron chi connectivity index (χ2n) is 8.18. The molecule has 1 aromatic heterocycles. The van der Waals surface area contributed by atoms with E-state index in [4.69, 9.17) is 5.73 Å². The fourth-order valence-corrected chi connectivity index (χ4v) is 4.32. The summed E-state index contributed by atoms with van der Waals surface area (Å²) >= 11 is 0. The summed E-state index contributed by atoms with van der Waals surface area (Å²) in [6.07, 6.45) is 4.13. The standard InChI is InChI=1S/C24H31N5O4S/c1-28(14-10-18-7-8-22(30)23(31)16-18)24-26-12-9-21(27-24)20-6-3-5-19(15-20)17-29(13-4-11-25)34(2,32)33/h3,5-9,12,15-16,30-31H,4,10-11,13-14,17,25H2,1-2H3. The Morgan fingerprint density at radius 1 is 1.00 bits per heavy atom. The van der Waals surface area contributed by atoms with Crippen molar-refractivity contribution in [2.24, 2.45) is 5.73 Å². The van der Waals surface area contributed by atoms with Gasteiger partial charge in [-0.1, -0.05) is 24.3 Å². The molecular formula is C24H31N5O4S. The predicted octanol–water partition coefficient (Wildman–Crippen LogP) is 2.34. The molecule has 1 heterocycles. The molecular weight excluding hydrogens is 454 g/mol. The zero-order valence-corrected chi connectivity index (χ0v) is 20.2. The molecule has 0 saturated carbocycles. The van der Waals surface area contributed by atoms with E-state index in [2.05, 4.69) is 9.97 Å². The van der Waals surface area contributed by atoms with Gasteiger partial charge < -0.3 is 20.8 Å². The maximum absolute atomic E-state index is 12.1. The Morgan fingerprint density at radius 2 is 1.79 bits per heavy atom. The number of hydrogen-bond acceptors (Lipinski definition) is 8. The number of sulfonamides is 1. The number of aromatic hydroxyl groups is 2. The highest BCUT2D eigenvalue weighted by Crippen LogP contribution is 2.25. The first-order chi connectivity index (χ1) is 16.2. The van der Waals surface area contributed by atoms with Crippen molar-refractivity contribution in [1.29, 1.82) is 0 Å². The molecule has 0 bridgehead atoms. The molecule has 9 nitrogen and oxygen atoms in total. The van der Waals surface area contributed by atoms with Crippen LogP contribution in [0.2, 0.25) is 0 Å². The first-order valence-corrected chi connectivity index (χ1v) is 12.8. The zero-order valence-electron chi connectivity index (χ0n) is 19.4. The van der Waals surface area contributed by atoms with Crippen LogP contribution in [0.1, 0.15) is 17.5 Å². The SMILES string of the molecule is CN(CCc1ccc(O)c(O)c1)c1nccc(-c2cccc(CN(CCCN)S(C)(=O)=O)c2)n1. The molecule has 0 saturated heterocycles. The van der Waals surface area contributed by atoms with Crippen LogP contribution in [0.25, 0.3) is 11.3 Å². The molecule has 10 heteroatoms. The maximum Gasteiger partial charge on any atom is 0.225 e. The lowest BCUT2D eigenvalue weighted by Gasteiger charge is -2.20. The fourth-order valence-electron chi connectivity index (χ4n) is 3.48. The summed E-state index contributed by atoms with van der Waals surface area (Å²) in [6, 6.07) is 14.2. The van der Waals surface area contributed by atoms with Crippen LogP contribution >= 0.6 is 0 Å². The Morgan fingerprint density at radius 3 is 2.50 bits per heavy atom. The smallest absolute Gasteiger partial charge is 0.225 e. The molecule has 34 heavy (non-hydrogen) atoms. The highest BCUT2D eigenvalue weighted by Gasteiger charge is 2.17. The van der Waals surface area contributed by atoms with E-state index < -0.39 is 10.0 Å². The van der Waals surface area contributed by atoms with Crippen molar-refractivity contribution < 1.29 is 18.6 Å². The molecule has 0 aliphatic carbocycles. The molecule has 0 spiro atoms. The minimum absolute atomic E-state index is 0.143. The average molecular weight is 486 g/mol. The van der Waals surface area contributed by atoms with Gasteiger partial charge in [0.15, 0.2) is 11.5 Å². The minimum Gasteiger partial charge on any atom is -0.504 e. The Bertz CT molecular complexity index is 1220. The van der Waals surface area contributed by atoms with Gasteiger partial charge in [-0.25, -0.2) is 18.4 Å². The summed E-state index contributed by atoms with van der Waals surface area (Å²) in [5.74, 6) is 0.261. The summed E-state index contributed by atoms with van der Waals surface area (Å²) in [4.78, 5) is 11.0. The molecule has 4 N–H and O–H groups in total. The lowest BCUT2D eigenvalue weighted by molar-refractivity contribution is 0.403. The third-order valence-corrected chi connectivity index (χ3v) is 6.67. The third kappa shape index (κ3) is 6.89. The van der Waals surface area contributed by atoms with Crippen LogP contribution in [0.3, 0.4) is 0 Å². The van der Waals surface area contributed by atoms with Crippen molar-refractivity contribution in [3.63, 3.8) is 0 Å². The second-order valence-corrected chi connectivity index (χ2v) is 10.2. The quantitative estimate of drug-likeness (QED) is 0.353. The Balaban J connectivity index is 1.73. The van der Waals surface area contributed by atoms with Crippen molar-refractivity contribution in [2.75, 3.05) is 37.8 Å². The molecule has 0 aliphatic heterocycles. The Hall–Kier alpha value is -3.21. The number of likely N-dealkylation sites (N-methyl/N-ethyl adjacent to an activating group) is 1. The highest BCUT2D eigenvalue weighted by molar-refractivity contribution is 7.88. The van der Waals surface area contributed by atoms with Gasteiger partial charge in [-0.05, 0) is 54.8 Å². The van der Waals surface area contributed by atoms with E-state index in [1.165, 1.54) is 16.6 Å². The number of nitrogens with two attached hydrogens (primary N) is 1. The van der Waals surface area contributed by atoms with Gasteiger partial charge in [-0.15, -0.1) is 0 Å². The summed E-state index contributed by atoms with van der Waals surface area (Å²) in [5.41, 5.74) is 8.90. The van der Waals surface area contributed by atoms with E-state index in [-0.39, 0.29) is 18.0 Å². The molecule has 3 rings (SSSR count). The first-order valence-electron chi connectivity index (χ1n) is 11.0. The van der Waals surface area contributed by atoms with Crippen molar-refractivity contribution in [2.45, 2.75) is 19.4 Å². The van der Waals surface area contributed by atoms with E-state index >= 15 is 0 Å². The van der Waals surface area contributed by atoms with Crippen LogP contribution in [-0.4, -0.2) is 65.8 Å². The average Bonchev–Trinajstić information content (AvgIpc) is 2.82. The number of anilines is 1. The zero-order chi connectivity index (χ0) is 24.7. The topological polar surface area (TPSA) is 133 Å². The third-order valence-electron chi connectivity index (χ3n) is 5.42. The summed E-state index contributed by atoms with van der Waals surface area (Å²) in [5, 5.41) is 19.1. The van der Waals surface area contributed by atoms with Crippen molar-refractivity contribution >= 4 is 16.0 Å². The van der Waals surface area contributed by atoms with Gasteiger partial charge in [0.2, 0.25) is 16.0 Å². The highest BCUT2D eigenvalue weighted by atomic mass is 32.2. The Kier molecular flexibility index (Phi) is 8.43. The Labute approximate surface area is 200 Å². The molecule has 0 radical (unpaired) electrons. The summed E-state index contributed by atoms with van der Waals surface area (Å²) in [7, 11) is -1.46. The van der Waals surface area contributed by atoms with Crippen molar-refractivity contribution in [3.05, 3.63) is 65.9 Å². The molecule has 0 unspecified atom stereocenters. The van der Waals surface area contributed by atoms with E-state index in [1.807, 2.05) is 42.3 Å². The van der Waals surface area contributed by atoms with E-state index in [1.54, 1.807) is 18.3 Å². The molecule has 2 aromatic carbocycles. The van der Waals surface area contributed by atoms with Crippen LogP contribution in [0, 0.1) is 0 Å². The first kappa shape index (κ1) is 25.4. The van der Waals surface area contributed by atoms with E-state index in [9.17, 15) is 18.6 Å². The number of nitrogens with zero attached hydrogens (tertiary/aromatic N) is 4. The molecule has 182 valence electrons. The van der Waals surface area contributed by atoms with Crippen LogP contribution in [0.5, 0.6) is 11.5 Å². The number of benzene rings is 2. The molecule has 0 fully saturated rings. The van der Waals surface area contributed by atoms with Gasteiger partial charge in [0.1, 0.15) is 0 Å². The molecule has 3 aromatic rings. The van der Waals surface area contributed by atoms with E-state index in [0.29, 0.717) is 38.4 Å². The lowest BCUT2D eigenvalue weighted by Crippen LogP contribution is -2.31. The van der Waals surface area contributed by atoms with Crippen LogP contribution in [-0.2, 0) is 23.0 Å².